The maximum atomic E-state index is 12.7. The van der Waals surface area contributed by atoms with Gasteiger partial charge in [-0.2, -0.15) is 0 Å². The molecule has 0 bridgehead atoms. The van der Waals surface area contributed by atoms with Crippen molar-refractivity contribution in [1.82, 2.24) is 0 Å². The number of carbonyl (C=O) groups excluding carboxylic acids is 1. The lowest BCUT2D eigenvalue weighted by Crippen LogP contribution is -2.16. The summed E-state index contributed by atoms with van der Waals surface area (Å²) in [6, 6.07) is 2.96. The molecule has 0 atom stereocenters. The second-order valence-electron chi connectivity index (χ2n) is 2.82. The van der Waals surface area contributed by atoms with E-state index in [-0.39, 0.29) is 18.8 Å². The second-order valence-corrected chi connectivity index (χ2v) is 2.82. The predicted octanol–water partition coefficient (Wildman–Crippen LogP) is 1.94. The van der Waals surface area contributed by atoms with E-state index < -0.39 is 17.6 Å². The van der Waals surface area contributed by atoms with E-state index in [9.17, 15) is 13.6 Å². The van der Waals surface area contributed by atoms with Gasteiger partial charge in [0.2, 0.25) is 0 Å². The highest BCUT2D eigenvalue weighted by molar-refractivity contribution is 5.74. The van der Waals surface area contributed by atoms with Crippen molar-refractivity contribution in [3.8, 4) is 0 Å². The lowest BCUT2D eigenvalue weighted by atomic mass is 10.3. The number of hydrogen-bond donors (Lipinski definition) is 1. The number of hydrogen-bond acceptors (Lipinski definition) is 3. The molecule has 1 aromatic carbocycles. The van der Waals surface area contributed by atoms with Gasteiger partial charge in [-0.1, -0.05) is 0 Å². The fourth-order valence-electron chi connectivity index (χ4n) is 1.04. The summed E-state index contributed by atoms with van der Waals surface area (Å²) in [6.45, 7) is 1.84. The van der Waals surface area contributed by atoms with Gasteiger partial charge in [0.15, 0.2) is 0 Å². The summed E-state index contributed by atoms with van der Waals surface area (Å²) in [5.74, 6) is -1.86. The van der Waals surface area contributed by atoms with Crippen LogP contribution >= 0.6 is 0 Å². The second kappa shape index (κ2) is 5.29. The van der Waals surface area contributed by atoms with Crippen LogP contribution in [0.15, 0.2) is 18.2 Å². The quantitative estimate of drug-likeness (QED) is 0.780. The molecular formula is C10H11F2NO2. The molecule has 5 heteroatoms. The molecule has 0 aromatic heterocycles. The topological polar surface area (TPSA) is 38.3 Å². The third kappa shape index (κ3) is 3.93. The van der Waals surface area contributed by atoms with Crippen molar-refractivity contribution < 1.29 is 18.3 Å². The molecule has 0 radical (unpaired) electrons. The van der Waals surface area contributed by atoms with Gasteiger partial charge >= 0.3 is 5.97 Å². The molecule has 82 valence electrons. The average Bonchev–Trinajstić information content (AvgIpc) is 2.14. The Morgan fingerprint density at radius 3 is 2.47 bits per heavy atom. The van der Waals surface area contributed by atoms with Crippen LogP contribution in [0.4, 0.5) is 14.5 Å². The monoisotopic (exact) mass is 215 g/mol. The zero-order valence-corrected chi connectivity index (χ0v) is 8.22. The standard InChI is InChI=1S/C10H11F2NO2/c1-2-15-10(14)6-13-9-4-7(11)3-8(12)5-9/h3-5,13H,2,6H2,1H3. The Balaban J connectivity index is 2.54. The van der Waals surface area contributed by atoms with Crippen molar-refractivity contribution in [2.24, 2.45) is 0 Å². The van der Waals surface area contributed by atoms with Crippen LogP contribution in [0.25, 0.3) is 0 Å². The van der Waals surface area contributed by atoms with Crippen LogP contribution in [0.1, 0.15) is 6.92 Å². The van der Waals surface area contributed by atoms with Crippen LogP contribution in [0.2, 0.25) is 0 Å². The summed E-state index contributed by atoms with van der Waals surface area (Å²) in [4.78, 5) is 10.9. The lowest BCUT2D eigenvalue weighted by molar-refractivity contribution is -0.140. The van der Waals surface area contributed by atoms with Gasteiger partial charge in [-0.15, -0.1) is 0 Å². The van der Waals surface area contributed by atoms with Gasteiger partial charge < -0.3 is 10.1 Å². The van der Waals surface area contributed by atoms with E-state index in [2.05, 4.69) is 10.1 Å². The van der Waals surface area contributed by atoms with Gasteiger partial charge in [0.05, 0.1) is 6.61 Å². The van der Waals surface area contributed by atoms with Crippen LogP contribution in [-0.4, -0.2) is 19.1 Å². The zero-order valence-electron chi connectivity index (χ0n) is 8.22. The molecule has 0 heterocycles. The normalized spacial score (nSPS) is 9.80. The van der Waals surface area contributed by atoms with Crippen LogP contribution in [-0.2, 0) is 9.53 Å². The molecule has 0 saturated carbocycles. The summed E-state index contributed by atoms with van der Waals surface area (Å²) in [5, 5.41) is 2.56. The number of nitrogens with one attached hydrogen (secondary N) is 1. The van der Waals surface area contributed by atoms with E-state index in [1.165, 1.54) is 0 Å². The fourth-order valence-corrected chi connectivity index (χ4v) is 1.04. The minimum absolute atomic E-state index is 0.114. The van der Waals surface area contributed by atoms with Crippen molar-refractivity contribution in [2.75, 3.05) is 18.5 Å². The SMILES string of the molecule is CCOC(=O)CNc1cc(F)cc(F)c1. The molecule has 0 spiro atoms. The molecular weight excluding hydrogens is 204 g/mol. The summed E-state index contributed by atoms with van der Waals surface area (Å²) < 4.78 is 30.0. The van der Waals surface area contributed by atoms with Crippen LogP contribution in [0.5, 0.6) is 0 Å². The molecule has 1 N–H and O–H groups in total. The van der Waals surface area contributed by atoms with Crippen molar-refractivity contribution in [1.29, 1.82) is 0 Å². The Morgan fingerprint density at radius 1 is 1.33 bits per heavy atom. The third-order valence-corrected chi connectivity index (χ3v) is 1.60. The first-order valence-corrected chi connectivity index (χ1v) is 4.47. The zero-order chi connectivity index (χ0) is 11.3. The molecule has 3 nitrogen and oxygen atoms in total. The Bertz CT molecular complexity index is 335. The van der Waals surface area contributed by atoms with Gasteiger partial charge in [-0.3, -0.25) is 4.79 Å². The lowest BCUT2D eigenvalue weighted by Gasteiger charge is -2.05. The summed E-state index contributed by atoms with van der Waals surface area (Å²) in [7, 11) is 0. The molecule has 1 aromatic rings. The van der Waals surface area contributed by atoms with Gasteiger partial charge in [-0.05, 0) is 19.1 Å². The molecule has 15 heavy (non-hydrogen) atoms. The number of benzene rings is 1. The van der Waals surface area contributed by atoms with Gasteiger partial charge in [0.1, 0.15) is 18.2 Å². The molecule has 0 saturated heterocycles. The smallest absolute Gasteiger partial charge is 0.325 e. The van der Waals surface area contributed by atoms with Crippen molar-refractivity contribution in [3.05, 3.63) is 29.8 Å². The fraction of sp³-hybridized carbons (Fsp3) is 0.300. The van der Waals surface area contributed by atoms with Crippen molar-refractivity contribution in [2.45, 2.75) is 6.92 Å². The van der Waals surface area contributed by atoms with Crippen molar-refractivity contribution in [3.63, 3.8) is 0 Å². The summed E-state index contributed by atoms with van der Waals surface area (Å²) in [5.41, 5.74) is 0.209. The van der Waals surface area contributed by atoms with Gasteiger partial charge in [0.25, 0.3) is 0 Å². The minimum atomic E-state index is -0.693. The van der Waals surface area contributed by atoms with E-state index in [1.54, 1.807) is 6.92 Å². The first-order chi connectivity index (χ1) is 7.11. The maximum absolute atomic E-state index is 12.7. The predicted molar refractivity (Wildman–Crippen MR) is 51.5 cm³/mol. The van der Waals surface area contributed by atoms with Crippen molar-refractivity contribution >= 4 is 11.7 Å². The molecule has 0 aliphatic carbocycles. The Kier molecular flexibility index (Phi) is 4.03. The maximum Gasteiger partial charge on any atom is 0.325 e. The van der Waals surface area contributed by atoms with E-state index in [0.717, 1.165) is 18.2 Å². The Labute approximate surface area is 86.0 Å². The molecule has 1 rings (SSSR count). The highest BCUT2D eigenvalue weighted by Crippen LogP contribution is 2.12. The number of ether oxygens (including phenoxy) is 1. The Hall–Kier alpha value is -1.65. The van der Waals surface area contributed by atoms with E-state index >= 15 is 0 Å². The molecule has 0 unspecified atom stereocenters. The minimum Gasteiger partial charge on any atom is -0.465 e. The number of esters is 1. The number of halogens is 2. The van der Waals surface area contributed by atoms with E-state index in [0.29, 0.717) is 0 Å². The third-order valence-electron chi connectivity index (χ3n) is 1.60. The highest BCUT2D eigenvalue weighted by atomic mass is 19.1. The van der Waals surface area contributed by atoms with Gasteiger partial charge in [0, 0.05) is 11.8 Å². The van der Waals surface area contributed by atoms with Crippen LogP contribution in [0.3, 0.4) is 0 Å². The van der Waals surface area contributed by atoms with E-state index in [1.807, 2.05) is 0 Å². The van der Waals surface area contributed by atoms with Crippen LogP contribution < -0.4 is 5.32 Å². The van der Waals surface area contributed by atoms with E-state index in [4.69, 9.17) is 0 Å². The highest BCUT2D eigenvalue weighted by Gasteiger charge is 2.03. The van der Waals surface area contributed by atoms with Gasteiger partial charge in [-0.25, -0.2) is 8.78 Å². The van der Waals surface area contributed by atoms with Crippen LogP contribution in [0, 0.1) is 11.6 Å². The molecule has 0 amide bonds. The Morgan fingerprint density at radius 2 is 1.93 bits per heavy atom. The largest absolute Gasteiger partial charge is 0.465 e. The number of rotatable bonds is 4. The number of anilines is 1. The summed E-state index contributed by atoms with van der Waals surface area (Å²) >= 11 is 0. The number of carbonyl (C=O) groups is 1. The molecule has 0 aliphatic heterocycles. The molecule has 0 fully saturated rings. The molecule has 0 aliphatic rings. The first kappa shape index (κ1) is 11.4. The first-order valence-electron chi connectivity index (χ1n) is 4.47. The summed E-state index contributed by atoms with van der Waals surface area (Å²) in [6.07, 6.45) is 0. The average molecular weight is 215 g/mol.